The number of pyridine rings is 2. The van der Waals surface area contributed by atoms with E-state index < -0.39 is 10.0 Å². The van der Waals surface area contributed by atoms with E-state index in [4.69, 9.17) is 19.2 Å². The number of aromatic nitrogens is 4. The van der Waals surface area contributed by atoms with E-state index in [0.29, 0.717) is 81.1 Å². The zero-order chi connectivity index (χ0) is 33.6. The Morgan fingerprint density at radius 3 is 2.37 bits per heavy atom. The molecule has 13 nitrogen and oxygen atoms in total. The number of nitrogens with zero attached hydrogens (tertiary/aromatic N) is 5. The molecule has 1 aliphatic carbocycles. The highest BCUT2D eigenvalue weighted by Crippen LogP contribution is 2.30. The van der Waals surface area contributed by atoms with Crippen molar-refractivity contribution in [3.05, 3.63) is 83.9 Å². The average Bonchev–Trinajstić information content (AvgIpc) is 3.69. The second-order valence-electron chi connectivity index (χ2n) is 12.0. The predicted molar refractivity (Wildman–Crippen MR) is 181 cm³/mol. The Balaban J connectivity index is 1.08. The van der Waals surface area contributed by atoms with Gasteiger partial charge in [-0.1, -0.05) is 5.92 Å². The van der Waals surface area contributed by atoms with Crippen LogP contribution in [-0.4, -0.2) is 89.4 Å². The minimum atomic E-state index is -3.68. The lowest BCUT2D eigenvalue weighted by Crippen LogP contribution is -2.40. The van der Waals surface area contributed by atoms with E-state index in [1.807, 2.05) is 36.4 Å². The third kappa shape index (κ3) is 8.05. The van der Waals surface area contributed by atoms with Crippen molar-refractivity contribution in [1.82, 2.24) is 24.2 Å². The van der Waals surface area contributed by atoms with Crippen LogP contribution in [0.2, 0.25) is 0 Å². The van der Waals surface area contributed by atoms with Gasteiger partial charge in [0.1, 0.15) is 16.4 Å². The summed E-state index contributed by atoms with van der Waals surface area (Å²) in [6.07, 6.45) is 7.08. The van der Waals surface area contributed by atoms with E-state index >= 15 is 0 Å². The van der Waals surface area contributed by atoms with Crippen molar-refractivity contribution in [3.63, 3.8) is 0 Å². The number of rotatable bonds is 8. The minimum Gasteiger partial charge on any atom is -0.393 e. The minimum absolute atomic E-state index is 0.108. The average molecular weight is 684 g/mol. The summed E-state index contributed by atoms with van der Waals surface area (Å²) in [4.78, 5) is 18.4. The van der Waals surface area contributed by atoms with Crippen molar-refractivity contribution < 1.29 is 27.7 Å². The zero-order valence-corrected chi connectivity index (χ0v) is 27.6. The highest BCUT2D eigenvalue weighted by Gasteiger charge is 2.27. The molecule has 14 heteroatoms. The SMILES string of the molecule is O=S(=O)(c1ccc(-c2cnc(Nc3ccc(C#Cc4cc(C5OCCO5)ccn4)cc3)nc2NC2CCC(O)CC2)nc1)N1CCOCC1. The Morgan fingerprint density at radius 1 is 0.857 bits per heavy atom. The van der Waals surface area contributed by atoms with Gasteiger partial charge in [0.15, 0.2) is 6.29 Å². The zero-order valence-electron chi connectivity index (χ0n) is 26.8. The Labute approximate surface area is 285 Å². The molecule has 3 fully saturated rings. The van der Waals surface area contributed by atoms with Crippen molar-refractivity contribution >= 4 is 27.5 Å². The maximum Gasteiger partial charge on any atom is 0.244 e. The van der Waals surface area contributed by atoms with Gasteiger partial charge in [0.05, 0.1) is 43.8 Å². The number of sulfonamides is 1. The number of nitrogens with one attached hydrogen (secondary N) is 2. The van der Waals surface area contributed by atoms with Gasteiger partial charge in [-0.15, -0.1) is 0 Å². The first-order valence-electron chi connectivity index (χ1n) is 16.3. The van der Waals surface area contributed by atoms with Gasteiger partial charge in [-0.3, -0.25) is 4.98 Å². The smallest absolute Gasteiger partial charge is 0.244 e. The number of aliphatic hydroxyl groups is 1. The third-order valence-electron chi connectivity index (χ3n) is 8.60. The maximum atomic E-state index is 13.1. The molecule has 0 unspecified atom stereocenters. The Bertz CT molecular complexity index is 1910. The molecule has 4 aromatic rings. The van der Waals surface area contributed by atoms with Crippen molar-refractivity contribution in [2.75, 3.05) is 50.2 Å². The van der Waals surface area contributed by atoms with E-state index in [1.165, 1.54) is 10.5 Å². The van der Waals surface area contributed by atoms with Crippen LogP contribution in [0.3, 0.4) is 0 Å². The number of hydrogen-bond donors (Lipinski definition) is 3. The summed E-state index contributed by atoms with van der Waals surface area (Å²) < 4.78 is 44.1. The van der Waals surface area contributed by atoms with Crippen molar-refractivity contribution in [2.45, 2.75) is 49.0 Å². The first-order chi connectivity index (χ1) is 23.9. The van der Waals surface area contributed by atoms with Gasteiger partial charge in [-0.05, 0) is 80.1 Å². The van der Waals surface area contributed by atoms with Crippen molar-refractivity contribution in [1.29, 1.82) is 0 Å². The summed E-state index contributed by atoms with van der Waals surface area (Å²) in [7, 11) is -3.68. The molecule has 254 valence electrons. The molecule has 49 heavy (non-hydrogen) atoms. The molecule has 1 saturated carbocycles. The van der Waals surface area contributed by atoms with Crippen LogP contribution in [0.15, 0.2) is 72.0 Å². The summed E-state index contributed by atoms with van der Waals surface area (Å²) >= 11 is 0. The summed E-state index contributed by atoms with van der Waals surface area (Å²) in [5.74, 6) is 7.21. The largest absolute Gasteiger partial charge is 0.393 e. The number of morpholine rings is 1. The molecule has 0 amide bonds. The van der Waals surface area contributed by atoms with E-state index in [1.54, 1.807) is 24.5 Å². The molecular weight excluding hydrogens is 646 g/mol. The lowest BCUT2D eigenvalue weighted by Gasteiger charge is -2.27. The molecule has 5 heterocycles. The molecule has 0 atom stereocenters. The summed E-state index contributed by atoms with van der Waals surface area (Å²) in [6, 6.07) is 14.7. The molecular formula is C35H37N7O6S. The molecule has 1 aromatic carbocycles. The summed E-state index contributed by atoms with van der Waals surface area (Å²) in [5, 5.41) is 16.8. The second kappa shape index (κ2) is 15.0. The predicted octanol–water partition coefficient (Wildman–Crippen LogP) is 3.86. The fourth-order valence-electron chi connectivity index (χ4n) is 5.90. The fraction of sp³-hybridized carbons (Fsp3) is 0.371. The van der Waals surface area contributed by atoms with Crippen LogP contribution < -0.4 is 10.6 Å². The molecule has 2 aliphatic heterocycles. The van der Waals surface area contributed by atoms with Crippen molar-refractivity contribution in [2.24, 2.45) is 0 Å². The number of ether oxygens (including phenoxy) is 3. The Morgan fingerprint density at radius 2 is 1.63 bits per heavy atom. The number of hydrogen-bond acceptors (Lipinski definition) is 12. The van der Waals surface area contributed by atoms with Gasteiger partial charge in [0, 0.05) is 54.5 Å². The van der Waals surface area contributed by atoms with Crippen LogP contribution in [0.1, 0.15) is 48.8 Å². The van der Waals surface area contributed by atoms with E-state index in [0.717, 1.165) is 29.7 Å². The highest BCUT2D eigenvalue weighted by atomic mass is 32.2. The highest BCUT2D eigenvalue weighted by molar-refractivity contribution is 7.89. The molecule has 3 N–H and O–H groups in total. The molecule has 2 saturated heterocycles. The molecule has 3 aromatic heterocycles. The monoisotopic (exact) mass is 683 g/mol. The Kier molecular flexibility index (Phi) is 10.1. The summed E-state index contributed by atoms with van der Waals surface area (Å²) in [5.41, 5.74) is 4.29. The van der Waals surface area contributed by atoms with Gasteiger partial charge in [-0.2, -0.15) is 9.29 Å². The first kappa shape index (κ1) is 33.0. The van der Waals surface area contributed by atoms with Gasteiger partial charge >= 0.3 is 0 Å². The van der Waals surface area contributed by atoms with E-state index in [9.17, 15) is 13.5 Å². The molecule has 3 aliphatic rings. The second-order valence-corrected chi connectivity index (χ2v) is 13.9. The normalized spacial score (nSPS) is 20.3. The van der Waals surface area contributed by atoms with Gasteiger partial charge in [0.25, 0.3) is 0 Å². The molecule has 0 spiro atoms. The standard InChI is InChI=1S/C35H37N7O6S/c43-29-9-7-26(8-10-29)39-33-31(32-12-11-30(22-37-32)49(44,45)42-15-17-46-18-16-42)23-38-35(41-33)40-27-4-1-24(2-5-27)3-6-28-21-25(13-14-36-28)34-47-19-20-48-34/h1-2,4-5,11-14,21-23,26,29,34,43H,7-10,15-20H2,(H2,38,39,40,41). The molecule has 7 rings (SSSR count). The number of anilines is 3. The van der Waals surface area contributed by atoms with Gasteiger partial charge in [0.2, 0.25) is 16.0 Å². The van der Waals surface area contributed by atoms with Crippen LogP contribution in [0.5, 0.6) is 0 Å². The summed E-state index contributed by atoms with van der Waals surface area (Å²) in [6.45, 7) is 2.50. The maximum absolute atomic E-state index is 13.1. The fourth-order valence-corrected chi connectivity index (χ4v) is 7.25. The quantitative estimate of drug-likeness (QED) is 0.231. The third-order valence-corrected chi connectivity index (χ3v) is 10.5. The van der Waals surface area contributed by atoms with Crippen LogP contribution in [-0.2, 0) is 24.2 Å². The first-order valence-corrected chi connectivity index (χ1v) is 17.8. The molecule has 0 bridgehead atoms. The Hall–Kier alpha value is -4.49. The topological polar surface area (TPSA) is 161 Å². The molecule has 0 radical (unpaired) electrons. The van der Waals surface area contributed by atoms with E-state index in [-0.39, 0.29) is 23.3 Å². The lowest BCUT2D eigenvalue weighted by molar-refractivity contribution is -0.0441. The van der Waals surface area contributed by atoms with Crippen molar-refractivity contribution in [3.8, 4) is 23.1 Å². The number of benzene rings is 1. The van der Waals surface area contributed by atoms with E-state index in [2.05, 4.69) is 37.4 Å². The van der Waals surface area contributed by atoms with Gasteiger partial charge < -0.3 is 30.0 Å². The van der Waals surface area contributed by atoms with Crippen LogP contribution in [0, 0.1) is 11.8 Å². The van der Waals surface area contributed by atoms with Crippen LogP contribution in [0.25, 0.3) is 11.3 Å². The van der Waals surface area contributed by atoms with Gasteiger partial charge in [-0.25, -0.2) is 18.4 Å². The number of aliphatic hydroxyl groups excluding tert-OH is 1. The lowest BCUT2D eigenvalue weighted by atomic mass is 9.93. The van der Waals surface area contributed by atoms with Crippen LogP contribution in [0.4, 0.5) is 17.5 Å². The van der Waals surface area contributed by atoms with Crippen LogP contribution >= 0.6 is 0 Å².